The van der Waals surface area contributed by atoms with E-state index in [1.165, 1.54) is 0 Å². The number of carbonyl (C=O) groups excluding carboxylic acids is 1. The van der Waals surface area contributed by atoms with Gasteiger partial charge < -0.3 is 9.64 Å². The Balaban J connectivity index is 1.26. The largest absolute Gasteiger partial charge is 0.371 e. The molecule has 1 aromatic rings. The molecule has 3 aliphatic rings. The van der Waals surface area contributed by atoms with Crippen molar-refractivity contribution in [1.82, 2.24) is 9.88 Å². The summed E-state index contributed by atoms with van der Waals surface area (Å²) in [5.74, 6) is 0.656. The van der Waals surface area contributed by atoms with Crippen molar-refractivity contribution in [2.24, 2.45) is 0 Å². The number of pyridine rings is 1. The molecular weight excluding hydrogens is 315 g/mol. The maximum atomic E-state index is 14.2. The van der Waals surface area contributed by atoms with Crippen LogP contribution in [0.1, 0.15) is 31.4 Å². The summed E-state index contributed by atoms with van der Waals surface area (Å²) >= 11 is 1.87. The van der Waals surface area contributed by atoms with Crippen molar-refractivity contribution in [3.05, 3.63) is 30.1 Å². The minimum atomic E-state index is -1.56. The van der Waals surface area contributed by atoms with E-state index in [1.807, 2.05) is 30.0 Å². The molecule has 1 unspecified atom stereocenters. The molecule has 1 spiro atoms. The predicted molar refractivity (Wildman–Crippen MR) is 86.9 cm³/mol. The fourth-order valence-electron chi connectivity index (χ4n) is 3.59. The van der Waals surface area contributed by atoms with E-state index in [1.54, 1.807) is 11.1 Å². The lowest BCUT2D eigenvalue weighted by Crippen LogP contribution is -2.65. The van der Waals surface area contributed by atoms with Gasteiger partial charge in [-0.3, -0.25) is 9.78 Å². The lowest BCUT2D eigenvalue weighted by Gasteiger charge is -2.50. The zero-order valence-corrected chi connectivity index (χ0v) is 13.9. The summed E-state index contributed by atoms with van der Waals surface area (Å²) in [6, 6.07) is 5.81. The molecule has 6 heteroatoms. The molecule has 0 bridgehead atoms. The number of thioether (sulfide) groups is 1. The minimum Gasteiger partial charge on any atom is -0.371 e. The highest BCUT2D eigenvalue weighted by Gasteiger charge is 2.56. The van der Waals surface area contributed by atoms with E-state index in [4.69, 9.17) is 4.74 Å². The number of hydrogen-bond donors (Lipinski definition) is 0. The van der Waals surface area contributed by atoms with E-state index < -0.39 is 5.67 Å². The Kier molecular flexibility index (Phi) is 3.84. The van der Waals surface area contributed by atoms with Crippen molar-refractivity contribution in [3.8, 4) is 0 Å². The SMILES string of the molecule is O=C(N1CC2(CC(OCc3ccccn3)CS2)C1)C1(F)CCC1. The summed E-state index contributed by atoms with van der Waals surface area (Å²) < 4.78 is 20.2. The van der Waals surface area contributed by atoms with E-state index in [2.05, 4.69) is 4.98 Å². The van der Waals surface area contributed by atoms with Gasteiger partial charge in [0.2, 0.25) is 0 Å². The highest BCUT2D eigenvalue weighted by Crippen LogP contribution is 2.48. The standard InChI is InChI=1S/C17H21FN2O2S/c18-17(5-3-6-17)15(21)20-11-16(12-20)8-14(10-23-16)22-9-13-4-1-2-7-19-13/h1-2,4,7,14H,3,5-6,8-12H2. The van der Waals surface area contributed by atoms with Crippen molar-refractivity contribution >= 4 is 17.7 Å². The third kappa shape index (κ3) is 2.87. The van der Waals surface area contributed by atoms with Gasteiger partial charge in [0.25, 0.3) is 5.91 Å². The smallest absolute Gasteiger partial charge is 0.260 e. The molecule has 0 radical (unpaired) electrons. The number of halogens is 1. The molecule has 4 rings (SSSR count). The third-order valence-corrected chi connectivity index (χ3v) is 6.72. The van der Waals surface area contributed by atoms with Crippen LogP contribution in [0.2, 0.25) is 0 Å². The van der Waals surface area contributed by atoms with Gasteiger partial charge in [0.05, 0.1) is 23.2 Å². The number of rotatable bonds is 4. The highest BCUT2D eigenvalue weighted by molar-refractivity contribution is 8.01. The maximum absolute atomic E-state index is 14.2. The van der Waals surface area contributed by atoms with E-state index in [-0.39, 0.29) is 16.8 Å². The Morgan fingerprint density at radius 3 is 2.91 bits per heavy atom. The highest BCUT2D eigenvalue weighted by atomic mass is 32.2. The molecule has 3 heterocycles. The molecule has 1 amide bonds. The summed E-state index contributed by atoms with van der Waals surface area (Å²) in [5.41, 5.74) is -0.618. The Morgan fingerprint density at radius 1 is 1.43 bits per heavy atom. The second-order valence-corrected chi connectivity index (χ2v) is 8.42. The van der Waals surface area contributed by atoms with Gasteiger partial charge in [-0.05, 0) is 37.8 Å². The van der Waals surface area contributed by atoms with Gasteiger partial charge in [-0.2, -0.15) is 0 Å². The molecule has 3 fully saturated rings. The molecule has 124 valence electrons. The molecule has 4 nitrogen and oxygen atoms in total. The van der Waals surface area contributed by atoms with Gasteiger partial charge in [-0.1, -0.05) is 6.07 Å². The van der Waals surface area contributed by atoms with Gasteiger partial charge in [-0.25, -0.2) is 4.39 Å². The monoisotopic (exact) mass is 336 g/mol. The molecule has 2 aliphatic heterocycles. The lowest BCUT2D eigenvalue weighted by molar-refractivity contribution is -0.155. The summed E-state index contributed by atoms with van der Waals surface area (Å²) in [5, 5.41) is 0. The number of likely N-dealkylation sites (tertiary alicyclic amines) is 1. The molecule has 1 aliphatic carbocycles. The van der Waals surface area contributed by atoms with Gasteiger partial charge >= 0.3 is 0 Å². The van der Waals surface area contributed by atoms with Crippen molar-refractivity contribution in [2.45, 2.75) is 48.8 Å². The first kappa shape index (κ1) is 15.4. The number of carbonyl (C=O) groups is 1. The van der Waals surface area contributed by atoms with E-state index in [0.717, 1.165) is 24.3 Å². The van der Waals surface area contributed by atoms with Crippen molar-refractivity contribution in [2.75, 3.05) is 18.8 Å². The second-order valence-electron chi connectivity index (χ2n) is 6.93. The first-order valence-corrected chi connectivity index (χ1v) is 9.21. The quantitative estimate of drug-likeness (QED) is 0.847. The third-order valence-electron chi connectivity index (χ3n) is 5.14. The summed E-state index contributed by atoms with van der Waals surface area (Å²) in [4.78, 5) is 18.1. The predicted octanol–water partition coefficient (Wildman–Crippen LogP) is 2.58. The molecule has 0 aromatic carbocycles. The fraction of sp³-hybridized carbons (Fsp3) is 0.647. The van der Waals surface area contributed by atoms with Crippen LogP contribution in [-0.2, 0) is 16.1 Å². The summed E-state index contributed by atoms with van der Waals surface area (Å²) in [6.07, 6.45) is 4.54. The van der Waals surface area contributed by atoms with E-state index in [0.29, 0.717) is 32.5 Å². The first-order chi connectivity index (χ1) is 11.1. The van der Waals surface area contributed by atoms with Gasteiger partial charge in [0.15, 0.2) is 5.67 Å². The number of nitrogens with zero attached hydrogens (tertiary/aromatic N) is 2. The van der Waals surface area contributed by atoms with Crippen molar-refractivity contribution in [3.63, 3.8) is 0 Å². The first-order valence-electron chi connectivity index (χ1n) is 8.22. The van der Waals surface area contributed by atoms with Crippen LogP contribution in [-0.4, -0.2) is 51.2 Å². The molecule has 1 atom stereocenters. The molecule has 23 heavy (non-hydrogen) atoms. The average Bonchev–Trinajstić information content (AvgIpc) is 2.94. The van der Waals surface area contributed by atoms with E-state index in [9.17, 15) is 9.18 Å². The van der Waals surface area contributed by atoms with Gasteiger partial charge in [0, 0.05) is 25.0 Å². The number of hydrogen-bond acceptors (Lipinski definition) is 4. The van der Waals surface area contributed by atoms with Gasteiger partial charge in [0.1, 0.15) is 0 Å². The second kappa shape index (κ2) is 5.74. The lowest BCUT2D eigenvalue weighted by atomic mass is 9.79. The summed E-state index contributed by atoms with van der Waals surface area (Å²) in [7, 11) is 0. The van der Waals surface area contributed by atoms with Crippen molar-refractivity contribution < 1.29 is 13.9 Å². The summed E-state index contributed by atoms with van der Waals surface area (Å²) in [6.45, 7) is 1.87. The molecule has 2 saturated heterocycles. The number of amides is 1. The zero-order chi connectivity index (χ0) is 15.9. The number of ether oxygens (including phenoxy) is 1. The minimum absolute atomic E-state index is 0.0878. The number of aromatic nitrogens is 1. The van der Waals surface area contributed by atoms with Crippen LogP contribution in [0, 0.1) is 0 Å². The Morgan fingerprint density at radius 2 is 2.26 bits per heavy atom. The van der Waals surface area contributed by atoms with Gasteiger partial charge in [-0.15, -0.1) is 11.8 Å². The number of alkyl halides is 1. The Hall–Kier alpha value is -1.14. The van der Waals surface area contributed by atoms with Crippen LogP contribution >= 0.6 is 11.8 Å². The van der Waals surface area contributed by atoms with Crippen molar-refractivity contribution in [1.29, 1.82) is 0 Å². The van der Waals surface area contributed by atoms with Crippen LogP contribution < -0.4 is 0 Å². The van der Waals surface area contributed by atoms with Crippen LogP contribution in [0.3, 0.4) is 0 Å². The van der Waals surface area contributed by atoms with Crippen LogP contribution in [0.4, 0.5) is 4.39 Å². The molecule has 1 aromatic heterocycles. The molecular formula is C17H21FN2O2S. The maximum Gasteiger partial charge on any atom is 0.260 e. The molecule has 0 N–H and O–H groups in total. The average molecular weight is 336 g/mol. The molecule has 1 saturated carbocycles. The Labute approximate surface area is 139 Å². The van der Waals surface area contributed by atoms with Crippen LogP contribution in [0.25, 0.3) is 0 Å². The van der Waals surface area contributed by atoms with E-state index >= 15 is 0 Å². The van der Waals surface area contributed by atoms with Crippen LogP contribution in [0.15, 0.2) is 24.4 Å². The van der Waals surface area contributed by atoms with Crippen LogP contribution in [0.5, 0.6) is 0 Å². The fourth-order valence-corrected chi connectivity index (χ4v) is 5.15. The topological polar surface area (TPSA) is 42.4 Å². The zero-order valence-electron chi connectivity index (χ0n) is 13.0. The normalized spacial score (nSPS) is 27.5. The Bertz CT molecular complexity index is 588.